The number of hydrogen-bond donors (Lipinski definition) is 1. The molecule has 1 fully saturated rings. The zero-order chi connectivity index (χ0) is 37.0. The molecule has 1 aromatic heterocycles. The van der Waals surface area contributed by atoms with E-state index in [1.54, 1.807) is 0 Å². The molecular formula is C52H42N4. The smallest absolute Gasteiger partial charge is 0.145 e. The first-order valence-electron chi connectivity index (χ1n) is 20.0. The molecule has 4 nitrogen and oxygen atoms in total. The highest BCUT2D eigenvalue weighted by atomic mass is 15.2. The number of nitrogens with zero attached hydrogens (tertiary/aromatic N) is 3. The van der Waals surface area contributed by atoms with E-state index >= 15 is 0 Å². The Morgan fingerprint density at radius 2 is 1.43 bits per heavy atom. The molecule has 3 aliphatic carbocycles. The molecule has 3 heterocycles. The third-order valence-corrected chi connectivity index (χ3v) is 12.3. The van der Waals surface area contributed by atoms with Gasteiger partial charge >= 0.3 is 0 Å². The third kappa shape index (κ3) is 5.55. The molecule has 1 saturated heterocycles. The van der Waals surface area contributed by atoms with Crippen LogP contribution in [0.25, 0.3) is 28.4 Å². The standard InChI is InChI=1S/C52H42N4/c1-4-14-35(15-5-1)46-34-47(54-52(53-46)37-16-6-2-7-17-37)36-24-28-41(29-25-36)55-49-23-13-11-21-43(49)45-32-38(27-31-50(45)55)39-26-30-44-42-20-10-12-22-48(42)56(51(44)33-39)40-18-8-3-9-19-40/h1-19,21-26,28-30,32-34,42,44,51-52,54H,20,27,31H2. The lowest BCUT2D eigenvalue weighted by atomic mass is 9.79. The zero-order valence-electron chi connectivity index (χ0n) is 31.2. The molecule has 4 unspecified atom stereocenters. The van der Waals surface area contributed by atoms with Crippen LogP contribution in [0.5, 0.6) is 0 Å². The lowest BCUT2D eigenvalue weighted by Crippen LogP contribution is -2.31. The number of benzene rings is 5. The number of nitrogens with one attached hydrogen (secondary N) is 1. The van der Waals surface area contributed by atoms with Crippen LogP contribution in [-0.2, 0) is 6.42 Å². The highest BCUT2D eigenvalue weighted by Crippen LogP contribution is 2.49. The van der Waals surface area contributed by atoms with Crippen molar-refractivity contribution in [3.63, 3.8) is 0 Å². The largest absolute Gasteiger partial charge is 0.360 e. The van der Waals surface area contributed by atoms with E-state index in [4.69, 9.17) is 4.99 Å². The molecule has 0 radical (unpaired) electrons. The second-order valence-corrected chi connectivity index (χ2v) is 15.4. The molecule has 4 heteroatoms. The van der Waals surface area contributed by atoms with E-state index in [9.17, 15) is 0 Å². The van der Waals surface area contributed by atoms with E-state index in [1.165, 1.54) is 50.4 Å². The minimum Gasteiger partial charge on any atom is -0.360 e. The lowest BCUT2D eigenvalue weighted by Gasteiger charge is -2.30. The van der Waals surface area contributed by atoms with Gasteiger partial charge in [-0.15, -0.1) is 0 Å². The molecule has 2 aliphatic heterocycles. The second kappa shape index (κ2) is 13.6. The van der Waals surface area contributed by atoms with Gasteiger partial charge in [-0.1, -0.05) is 140 Å². The van der Waals surface area contributed by atoms with Gasteiger partial charge in [0, 0.05) is 51.2 Å². The van der Waals surface area contributed by atoms with Gasteiger partial charge in [0.2, 0.25) is 0 Å². The molecule has 5 aromatic carbocycles. The number of anilines is 1. The maximum atomic E-state index is 5.13. The Morgan fingerprint density at radius 1 is 0.679 bits per heavy atom. The van der Waals surface area contributed by atoms with Crippen molar-refractivity contribution in [3.8, 4) is 5.69 Å². The van der Waals surface area contributed by atoms with E-state index in [-0.39, 0.29) is 6.17 Å². The summed E-state index contributed by atoms with van der Waals surface area (Å²) in [5, 5.41) is 5.04. The first-order chi connectivity index (χ1) is 27.8. The van der Waals surface area contributed by atoms with Gasteiger partial charge in [0.1, 0.15) is 6.17 Å². The van der Waals surface area contributed by atoms with Gasteiger partial charge in [-0.05, 0) is 95.7 Å². The van der Waals surface area contributed by atoms with Gasteiger partial charge in [0.25, 0.3) is 0 Å². The minimum absolute atomic E-state index is 0.166. The van der Waals surface area contributed by atoms with Crippen LogP contribution >= 0.6 is 0 Å². The van der Waals surface area contributed by atoms with Crippen LogP contribution in [0.4, 0.5) is 5.69 Å². The molecule has 0 amide bonds. The molecule has 56 heavy (non-hydrogen) atoms. The summed E-state index contributed by atoms with van der Waals surface area (Å²) < 4.78 is 2.49. The third-order valence-electron chi connectivity index (χ3n) is 12.3. The van der Waals surface area contributed by atoms with Crippen molar-refractivity contribution < 1.29 is 0 Å². The molecular weight excluding hydrogens is 681 g/mol. The SMILES string of the molecule is C1=CCC2C(=C1)N(c1ccccc1)C1C=C(C3=Cc4c(n(-c5ccc(C6=CC(c7ccccc7)=NC(c7ccccc7)N6)cc5)c5ccccc45)CC3)C=CC21. The second-order valence-electron chi connectivity index (χ2n) is 15.4. The lowest BCUT2D eigenvalue weighted by molar-refractivity contribution is 0.490. The normalized spacial score (nSPS) is 22.2. The van der Waals surface area contributed by atoms with Crippen LogP contribution in [0.15, 0.2) is 204 Å². The van der Waals surface area contributed by atoms with E-state index in [0.717, 1.165) is 47.4 Å². The summed E-state index contributed by atoms with van der Waals surface area (Å²) in [6, 6.07) is 50.2. The monoisotopic (exact) mass is 722 g/mol. The average Bonchev–Trinajstić information content (AvgIpc) is 3.79. The predicted molar refractivity (Wildman–Crippen MR) is 232 cm³/mol. The molecule has 1 N–H and O–H groups in total. The molecule has 6 aromatic rings. The Kier molecular flexibility index (Phi) is 7.94. The minimum atomic E-state index is -0.166. The summed E-state index contributed by atoms with van der Waals surface area (Å²) in [7, 11) is 0. The first kappa shape index (κ1) is 32.8. The van der Waals surface area contributed by atoms with Crippen molar-refractivity contribution in [2.75, 3.05) is 4.90 Å². The fourth-order valence-corrected chi connectivity index (χ4v) is 9.64. The topological polar surface area (TPSA) is 32.6 Å². The molecule has 0 spiro atoms. The van der Waals surface area contributed by atoms with E-state index in [2.05, 4.69) is 203 Å². The van der Waals surface area contributed by atoms with Gasteiger partial charge in [-0.3, -0.25) is 4.99 Å². The van der Waals surface area contributed by atoms with E-state index < -0.39 is 0 Å². The Balaban J connectivity index is 0.937. The number of aromatic nitrogens is 1. The number of fused-ring (bicyclic) bond motifs is 6. The van der Waals surface area contributed by atoms with Crippen molar-refractivity contribution in [3.05, 3.63) is 227 Å². The van der Waals surface area contributed by atoms with Gasteiger partial charge in [-0.25, -0.2) is 0 Å². The highest BCUT2D eigenvalue weighted by molar-refractivity contribution is 6.13. The Bertz CT molecular complexity index is 2690. The zero-order valence-corrected chi connectivity index (χ0v) is 31.2. The Labute approximate surface area is 328 Å². The quantitative estimate of drug-likeness (QED) is 0.186. The maximum Gasteiger partial charge on any atom is 0.145 e. The molecule has 0 bridgehead atoms. The number of hydrogen-bond acceptors (Lipinski definition) is 3. The van der Waals surface area contributed by atoms with E-state index in [0.29, 0.717) is 17.9 Å². The fraction of sp³-hybridized carbons (Fsp3) is 0.135. The van der Waals surface area contributed by atoms with Crippen molar-refractivity contribution in [1.82, 2.24) is 9.88 Å². The maximum absolute atomic E-state index is 5.13. The number of aliphatic imine (C=N–C) groups is 1. The van der Waals surface area contributed by atoms with Gasteiger partial charge in [0.15, 0.2) is 0 Å². The van der Waals surface area contributed by atoms with E-state index in [1.807, 2.05) is 0 Å². The summed E-state index contributed by atoms with van der Waals surface area (Å²) in [6.07, 6.45) is 22.0. The van der Waals surface area contributed by atoms with Crippen molar-refractivity contribution in [1.29, 1.82) is 0 Å². The molecule has 270 valence electrons. The highest BCUT2D eigenvalue weighted by Gasteiger charge is 2.44. The van der Waals surface area contributed by atoms with Crippen LogP contribution in [0.2, 0.25) is 0 Å². The van der Waals surface area contributed by atoms with Gasteiger partial charge in [-0.2, -0.15) is 0 Å². The summed E-state index contributed by atoms with van der Waals surface area (Å²) >= 11 is 0. The van der Waals surface area contributed by atoms with Crippen molar-refractivity contribution in [2.24, 2.45) is 16.8 Å². The number of para-hydroxylation sites is 2. The van der Waals surface area contributed by atoms with Crippen LogP contribution in [-0.4, -0.2) is 16.3 Å². The molecule has 4 atom stereocenters. The van der Waals surface area contributed by atoms with Crippen LogP contribution in [0, 0.1) is 11.8 Å². The summed E-state index contributed by atoms with van der Waals surface area (Å²) in [5.74, 6) is 0.992. The van der Waals surface area contributed by atoms with Crippen molar-refractivity contribution in [2.45, 2.75) is 31.5 Å². The van der Waals surface area contributed by atoms with Gasteiger partial charge < -0.3 is 14.8 Å². The number of allylic oxidation sites excluding steroid dienone is 8. The summed E-state index contributed by atoms with van der Waals surface area (Å²) in [6.45, 7) is 0. The summed E-state index contributed by atoms with van der Waals surface area (Å²) in [5.41, 5.74) is 16.1. The number of rotatable bonds is 6. The summed E-state index contributed by atoms with van der Waals surface area (Å²) in [4.78, 5) is 7.73. The van der Waals surface area contributed by atoms with Crippen LogP contribution in [0.3, 0.4) is 0 Å². The van der Waals surface area contributed by atoms with Crippen LogP contribution < -0.4 is 10.2 Å². The molecule has 5 aliphatic rings. The van der Waals surface area contributed by atoms with Crippen molar-refractivity contribution >= 4 is 34.1 Å². The Hall–Kier alpha value is -6.65. The first-order valence-corrected chi connectivity index (χ1v) is 20.0. The molecule has 11 rings (SSSR count). The van der Waals surface area contributed by atoms with Gasteiger partial charge in [0.05, 0.1) is 17.3 Å². The Morgan fingerprint density at radius 3 is 2.25 bits per heavy atom. The molecule has 0 saturated carbocycles. The predicted octanol–water partition coefficient (Wildman–Crippen LogP) is 11.6. The van der Waals surface area contributed by atoms with Crippen LogP contribution in [0.1, 0.15) is 47.0 Å². The average molecular weight is 723 g/mol. The fourth-order valence-electron chi connectivity index (χ4n) is 9.64.